The molecule has 2 N–H and O–H groups in total. The summed E-state index contributed by atoms with van der Waals surface area (Å²) < 4.78 is 7.06. The minimum atomic E-state index is -1.51. The standard InChI is InChI=1S/C27H30N2O6.ClH/c1-5-9-21-28-24(27(3,4)34)22(26(33)35-6-2)29(21)16-17-12-14-18(15-13-17)19-10-7-8-11-20(19)23(30)25(31)32;/h7-8,10-15,34H,5-6,9,16H2,1-4H3,(H,31,32);1H. The number of benzene rings is 2. The number of hydrogen-bond donors (Lipinski definition) is 2. The Morgan fingerprint density at radius 3 is 2.22 bits per heavy atom. The first-order valence-electron chi connectivity index (χ1n) is 11.5. The van der Waals surface area contributed by atoms with Crippen molar-refractivity contribution in [2.45, 2.75) is 52.7 Å². The minimum absolute atomic E-state index is 0. The summed E-state index contributed by atoms with van der Waals surface area (Å²) in [5, 5.41) is 19.8. The van der Waals surface area contributed by atoms with Crippen molar-refractivity contribution in [1.82, 2.24) is 9.55 Å². The number of aliphatic hydroxyl groups is 1. The van der Waals surface area contributed by atoms with Gasteiger partial charge in [0.2, 0.25) is 0 Å². The predicted molar refractivity (Wildman–Crippen MR) is 138 cm³/mol. The lowest BCUT2D eigenvalue weighted by atomic mass is 9.96. The van der Waals surface area contributed by atoms with Gasteiger partial charge in [0.05, 0.1) is 6.61 Å². The molecule has 3 rings (SSSR count). The number of carbonyl (C=O) groups is 3. The van der Waals surface area contributed by atoms with E-state index in [9.17, 15) is 19.5 Å². The molecular weight excluding hydrogens is 484 g/mol. The Morgan fingerprint density at radius 2 is 1.67 bits per heavy atom. The van der Waals surface area contributed by atoms with Crippen LogP contribution in [0.5, 0.6) is 0 Å². The molecule has 0 bridgehead atoms. The van der Waals surface area contributed by atoms with Crippen LogP contribution in [0.25, 0.3) is 11.1 Å². The van der Waals surface area contributed by atoms with Gasteiger partial charge in [0.15, 0.2) is 5.69 Å². The van der Waals surface area contributed by atoms with Crippen LogP contribution >= 0.6 is 12.4 Å². The second-order valence-corrected chi connectivity index (χ2v) is 8.72. The zero-order chi connectivity index (χ0) is 25.8. The fraction of sp³-hybridized carbons (Fsp3) is 0.333. The highest BCUT2D eigenvalue weighted by atomic mass is 35.5. The van der Waals surface area contributed by atoms with Crippen molar-refractivity contribution in [1.29, 1.82) is 0 Å². The van der Waals surface area contributed by atoms with Crippen molar-refractivity contribution in [3.8, 4) is 11.1 Å². The lowest BCUT2D eigenvalue weighted by Gasteiger charge is -2.17. The van der Waals surface area contributed by atoms with Crippen LogP contribution in [-0.4, -0.2) is 44.1 Å². The van der Waals surface area contributed by atoms with E-state index in [0.29, 0.717) is 29.9 Å². The number of ketones is 1. The number of aryl methyl sites for hydroxylation is 1. The molecule has 0 radical (unpaired) electrons. The number of carboxylic acid groups (broad SMARTS) is 1. The molecule has 0 aliphatic carbocycles. The van der Waals surface area contributed by atoms with Crippen molar-refractivity contribution in [2.24, 2.45) is 0 Å². The molecule has 1 heterocycles. The zero-order valence-corrected chi connectivity index (χ0v) is 21.6. The van der Waals surface area contributed by atoms with Gasteiger partial charge in [0, 0.05) is 18.5 Å². The van der Waals surface area contributed by atoms with E-state index in [0.717, 1.165) is 12.0 Å². The first-order chi connectivity index (χ1) is 16.6. The number of Topliss-reactive ketones (excluding diaryl/α,β-unsaturated/α-hetero) is 1. The Morgan fingerprint density at radius 1 is 1.03 bits per heavy atom. The highest BCUT2D eigenvalue weighted by Crippen LogP contribution is 2.28. The van der Waals surface area contributed by atoms with Crippen molar-refractivity contribution < 1.29 is 29.3 Å². The number of aliphatic carboxylic acids is 1. The normalized spacial score (nSPS) is 11.0. The highest BCUT2D eigenvalue weighted by Gasteiger charge is 2.32. The number of nitrogens with zero attached hydrogens (tertiary/aromatic N) is 2. The molecule has 8 nitrogen and oxygen atoms in total. The molecule has 0 aliphatic heterocycles. The number of imidazole rings is 1. The van der Waals surface area contributed by atoms with Crippen LogP contribution in [0.15, 0.2) is 48.5 Å². The molecule has 0 atom stereocenters. The summed E-state index contributed by atoms with van der Waals surface area (Å²) in [6.45, 7) is 7.42. The number of carbonyl (C=O) groups excluding carboxylic acids is 2. The van der Waals surface area contributed by atoms with Crippen LogP contribution in [0.1, 0.15) is 72.0 Å². The van der Waals surface area contributed by atoms with Gasteiger partial charge in [-0.15, -0.1) is 12.4 Å². The lowest BCUT2D eigenvalue weighted by Crippen LogP contribution is -2.23. The molecule has 192 valence electrons. The largest absolute Gasteiger partial charge is 0.475 e. The van der Waals surface area contributed by atoms with Gasteiger partial charge in [-0.25, -0.2) is 14.6 Å². The van der Waals surface area contributed by atoms with Gasteiger partial charge < -0.3 is 19.5 Å². The van der Waals surface area contributed by atoms with Crippen LogP contribution in [-0.2, 0) is 28.1 Å². The van der Waals surface area contributed by atoms with Gasteiger partial charge in [0.1, 0.15) is 17.1 Å². The molecular formula is C27H31ClN2O6. The third kappa shape index (κ3) is 6.19. The molecule has 36 heavy (non-hydrogen) atoms. The number of esters is 1. The maximum absolute atomic E-state index is 12.9. The number of ether oxygens (including phenoxy) is 1. The summed E-state index contributed by atoms with van der Waals surface area (Å²) in [4.78, 5) is 40.8. The first-order valence-corrected chi connectivity index (χ1v) is 11.5. The summed E-state index contributed by atoms with van der Waals surface area (Å²) in [5.41, 5.74) is 1.37. The third-order valence-electron chi connectivity index (χ3n) is 5.54. The van der Waals surface area contributed by atoms with E-state index >= 15 is 0 Å². The topological polar surface area (TPSA) is 119 Å². The van der Waals surface area contributed by atoms with E-state index in [-0.39, 0.29) is 36.0 Å². The van der Waals surface area contributed by atoms with Crippen LogP contribution < -0.4 is 0 Å². The van der Waals surface area contributed by atoms with Crippen molar-refractivity contribution in [2.75, 3.05) is 6.61 Å². The molecule has 9 heteroatoms. The third-order valence-corrected chi connectivity index (χ3v) is 5.54. The first kappa shape index (κ1) is 28.7. The summed E-state index contributed by atoms with van der Waals surface area (Å²) in [5.74, 6) is -2.34. The average Bonchev–Trinajstić information content (AvgIpc) is 3.18. The molecule has 0 fully saturated rings. The van der Waals surface area contributed by atoms with Gasteiger partial charge in [-0.2, -0.15) is 0 Å². The zero-order valence-electron chi connectivity index (χ0n) is 20.8. The average molecular weight is 515 g/mol. The van der Waals surface area contributed by atoms with E-state index in [1.54, 1.807) is 55.7 Å². The Balaban J connectivity index is 0.00000456. The van der Waals surface area contributed by atoms with Gasteiger partial charge in [-0.3, -0.25) is 4.79 Å². The molecule has 0 saturated heterocycles. The molecule has 1 aromatic heterocycles. The fourth-order valence-electron chi connectivity index (χ4n) is 3.94. The highest BCUT2D eigenvalue weighted by molar-refractivity contribution is 6.41. The Kier molecular flexibility index (Phi) is 9.55. The number of carboxylic acids is 1. The molecule has 0 spiro atoms. The smallest absolute Gasteiger partial charge is 0.377 e. The van der Waals surface area contributed by atoms with E-state index in [1.807, 2.05) is 19.1 Å². The number of halogens is 1. The van der Waals surface area contributed by atoms with Crippen LogP contribution in [0.3, 0.4) is 0 Å². The number of aromatic nitrogens is 2. The van der Waals surface area contributed by atoms with Crippen molar-refractivity contribution in [3.05, 3.63) is 76.9 Å². The maximum atomic E-state index is 12.9. The van der Waals surface area contributed by atoms with E-state index in [1.165, 1.54) is 6.07 Å². The van der Waals surface area contributed by atoms with Gasteiger partial charge in [-0.1, -0.05) is 55.5 Å². The lowest BCUT2D eigenvalue weighted by molar-refractivity contribution is -0.131. The van der Waals surface area contributed by atoms with Crippen LogP contribution in [0.4, 0.5) is 0 Å². The summed E-state index contributed by atoms with van der Waals surface area (Å²) >= 11 is 0. The monoisotopic (exact) mass is 514 g/mol. The van der Waals surface area contributed by atoms with Crippen LogP contribution in [0.2, 0.25) is 0 Å². The Hall–Kier alpha value is -3.49. The van der Waals surface area contributed by atoms with Gasteiger partial charge in [-0.05, 0) is 43.9 Å². The molecule has 3 aromatic rings. The summed E-state index contributed by atoms with van der Waals surface area (Å²) in [6, 6.07) is 13.9. The molecule has 0 unspecified atom stereocenters. The van der Waals surface area contributed by atoms with E-state index in [4.69, 9.17) is 9.84 Å². The SMILES string of the molecule is CCCc1nc(C(C)(C)O)c(C(=O)OCC)n1Cc1ccc(-c2ccccc2C(=O)C(=O)O)cc1.Cl. The molecule has 0 saturated carbocycles. The molecule has 0 aliphatic rings. The van der Waals surface area contributed by atoms with Crippen LogP contribution in [0, 0.1) is 0 Å². The summed E-state index contributed by atoms with van der Waals surface area (Å²) in [7, 11) is 0. The second kappa shape index (κ2) is 12.0. The van der Waals surface area contributed by atoms with E-state index in [2.05, 4.69) is 4.98 Å². The Labute approximate surface area is 216 Å². The van der Waals surface area contributed by atoms with Crippen molar-refractivity contribution in [3.63, 3.8) is 0 Å². The quantitative estimate of drug-likeness (QED) is 0.230. The molecule has 2 aromatic carbocycles. The number of rotatable bonds is 10. The maximum Gasteiger partial charge on any atom is 0.377 e. The fourth-order valence-corrected chi connectivity index (χ4v) is 3.94. The van der Waals surface area contributed by atoms with E-state index < -0.39 is 23.3 Å². The molecule has 0 amide bonds. The predicted octanol–water partition coefficient (Wildman–Crippen LogP) is 4.64. The minimum Gasteiger partial charge on any atom is -0.475 e. The van der Waals surface area contributed by atoms with Gasteiger partial charge in [0.25, 0.3) is 5.78 Å². The van der Waals surface area contributed by atoms with Gasteiger partial charge >= 0.3 is 11.9 Å². The number of hydrogen-bond acceptors (Lipinski definition) is 6. The summed E-state index contributed by atoms with van der Waals surface area (Å²) in [6.07, 6.45) is 1.42. The Bertz CT molecular complexity index is 1240. The second-order valence-electron chi connectivity index (χ2n) is 8.72. The van der Waals surface area contributed by atoms with Crippen molar-refractivity contribution >= 4 is 30.1 Å².